The maximum absolute atomic E-state index is 14.7. The first-order valence-electron chi connectivity index (χ1n) is 11.3. The van der Waals surface area contributed by atoms with E-state index in [4.69, 9.17) is 4.74 Å². The summed E-state index contributed by atoms with van der Waals surface area (Å²) in [6.45, 7) is 11.5. The minimum Gasteiger partial charge on any atom is -0.479 e. The lowest BCUT2D eigenvalue weighted by Gasteiger charge is -2.36. The number of benzene rings is 1. The molecule has 0 saturated carbocycles. The number of nitrogens with zero attached hydrogens (tertiary/aromatic N) is 5. The third-order valence-corrected chi connectivity index (χ3v) is 6.08. The molecular formula is C24H30F4N6O. The Bertz CT molecular complexity index is 1080. The number of rotatable bonds is 7. The molecule has 2 aromatic rings. The van der Waals surface area contributed by atoms with E-state index in [0.29, 0.717) is 17.3 Å². The molecule has 0 bridgehead atoms. The molecule has 1 fully saturated rings. The van der Waals surface area contributed by atoms with Crippen molar-refractivity contribution in [1.29, 1.82) is 0 Å². The number of aliphatic imine (C=N–C) groups is 2. The van der Waals surface area contributed by atoms with Crippen LogP contribution in [0, 0.1) is 5.82 Å². The summed E-state index contributed by atoms with van der Waals surface area (Å²) in [5.41, 5.74) is -0.222. The van der Waals surface area contributed by atoms with Gasteiger partial charge in [-0.25, -0.2) is 9.38 Å². The summed E-state index contributed by atoms with van der Waals surface area (Å²) in [4.78, 5) is 17.2. The number of anilines is 1. The van der Waals surface area contributed by atoms with Crippen molar-refractivity contribution in [3.05, 3.63) is 46.8 Å². The largest absolute Gasteiger partial charge is 0.479 e. The van der Waals surface area contributed by atoms with Crippen LogP contribution in [0.3, 0.4) is 0 Å². The van der Waals surface area contributed by atoms with Crippen molar-refractivity contribution < 1.29 is 22.3 Å². The van der Waals surface area contributed by atoms with Crippen LogP contribution in [0.15, 0.2) is 34.3 Å². The van der Waals surface area contributed by atoms with Gasteiger partial charge in [0.25, 0.3) is 0 Å². The van der Waals surface area contributed by atoms with Crippen LogP contribution in [0.4, 0.5) is 29.1 Å². The van der Waals surface area contributed by atoms with Crippen LogP contribution < -0.4 is 15.0 Å². The van der Waals surface area contributed by atoms with Gasteiger partial charge in [0.1, 0.15) is 17.3 Å². The molecule has 2 heterocycles. The molecule has 0 aliphatic carbocycles. The van der Waals surface area contributed by atoms with E-state index in [-0.39, 0.29) is 11.4 Å². The average Bonchev–Trinajstić information content (AvgIpc) is 2.85. The zero-order chi connectivity index (χ0) is 25.8. The van der Waals surface area contributed by atoms with Crippen molar-refractivity contribution in [2.24, 2.45) is 9.98 Å². The Morgan fingerprint density at radius 1 is 1.26 bits per heavy atom. The zero-order valence-corrected chi connectivity index (χ0v) is 20.3. The first-order chi connectivity index (χ1) is 16.6. The Hall–Kier alpha value is -3.21. The minimum atomic E-state index is -4.79. The molecule has 11 heteroatoms. The molecule has 1 aliphatic heterocycles. The summed E-state index contributed by atoms with van der Waals surface area (Å²) in [6, 6.07) is 4.21. The average molecular weight is 495 g/mol. The molecule has 0 radical (unpaired) electrons. The molecule has 1 atom stereocenters. The second kappa shape index (κ2) is 11.0. The quantitative estimate of drug-likeness (QED) is 0.350. The fourth-order valence-corrected chi connectivity index (χ4v) is 4.10. The van der Waals surface area contributed by atoms with Crippen molar-refractivity contribution in [1.82, 2.24) is 15.2 Å². The topological polar surface area (TPSA) is 65.4 Å². The maximum Gasteiger partial charge on any atom is 0.419 e. The summed E-state index contributed by atoms with van der Waals surface area (Å²) in [6.07, 6.45) is -4.79. The maximum atomic E-state index is 14.7. The monoisotopic (exact) mass is 494 g/mol. The number of methoxy groups -OCH3 is 1. The fourth-order valence-electron chi connectivity index (χ4n) is 4.10. The molecule has 35 heavy (non-hydrogen) atoms. The molecule has 1 aromatic carbocycles. The molecule has 0 amide bonds. The van der Waals surface area contributed by atoms with Gasteiger partial charge in [-0.3, -0.25) is 4.99 Å². The van der Waals surface area contributed by atoms with Gasteiger partial charge in [0.05, 0.1) is 24.3 Å². The van der Waals surface area contributed by atoms with Crippen LogP contribution in [0.1, 0.15) is 36.6 Å². The van der Waals surface area contributed by atoms with E-state index in [1.807, 2.05) is 6.07 Å². The number of halogens is 4. The second-order valence-corrected chi connectivity index (χ2v) is 8.11. The highest BCUT2D eigenvalue weighted by Gasteiger charge is 2.35. The van der Waals surface area contributed by atoms with E-state index in [1.54, 1.807) is 6.92 Å². The lowest BCUT2D eigenvalue weighted by molar-refractivity contribution is -0.140. The number of aromatic nitrogens is 1. The Morgan fingerprint density at radius 2 is 1.94 bits per heavy atom. The number of piperazine rings is 1. The highest BCUT2D eigenvalue weighted by atomic mass is 19.4. The predicted octanol–water partition coefficient (Wildman–Crippen LogP) is 4.45. The molecule has 1 aliphatic rings. The summed E-state index contributed by atoms with van der Waals surface area (Å²) in [7, 11) is 3.04. The lowest BCUT2D eigenvalue weighted by Crippen LogP contribution is -2.46. The van der Waals surface area contributed by atoms with Crippen molar-refractivity contribution in [3.8, 4) is 5.88 Å². The van der Waals surface area contributed by atoms with Crippen molar-refractivity contribution >= 4 is 24.1 Å². The van der Waals surface area contributed by atoms with Crippen LogP contribution in [-0.2, 0) is 6.18 Å². The smallest absolute Gasteiger partial charge is 0.419 e. The van der Waals surface area contributed by atoms with Crippen molar-refractivity contribution in [3.63, 3.8) is 0 Å². The highest BCUT2D eigenvalue weighted by Crippen LogP contribution is 2.35. The third-order valence-electron chi connectivity index (χ3n) is 6.08. The van der Waals surface area contributed by atoms with E-state index >= 15 is 0 Å². The number of alkyl halides is 3. The molecule has 1 aromatic heterocycles. The van der Waals surface area contributed by atoms with E-state index < -0.39 is 23.6 Å². The Morgan fingerprint density at radius 3 is 2.49 bits per heavy atom. The SMILES string of the molecule is C=Nc1nc(OC)c(N2CCN(CC)CC2)cc1C(=NC)N[C@H](C)c1cccc(C(F)(F)F)c1F. The Labute approximate surface area is 202 Å². The number of ether oxygens (including phenoxy) is 1. The van der Waals surface area contributed by atoms with Gasteiger partial charge in [-0.15, -0.1) is 0 Å². The van der Waals surface area contributed by atoms with E-state index in [9.17, 15) is 17.6 Å². The van der Waals surface area contributed by atoms with E-state index in [2.05, 4.69) is 43.7 Å². The number of nitrogens with one attached hydrogen (secondary N) is 1. The van der Waals surface area contributed by atoms with Gasteiger partial charge in [-0.1, -0.05) is 19.1 Å². The van der Waals surface area contributed by atoms with Crippen LogP contribution in [-0.4, -0.2) is 69.3 Å². The molecule has 1 saturated heterocycles. The van der Waals surface area contributed by atoms with Gasteiger partial charge in [-0.05, 0) is 32.3 Å². The lowest BCUT2D eigenvalue weighted by atomic mass is 10.0. The van der Waals surface area contributed by atoms with Crippen molar-refractivity contribution in [2.45, 2.75) is 26.1 Å². The normalized spacial score (nSPS) is 16.2. The number of amidine groups is 1. The standard InChI is InChI=1S/C24H30F4N6O/c1-6-33-10-12-34(13-11-33)19-14-17(22(30-4)32-23(19)35-5)21(29-3)31-15(2)16-8-7-9-18(20(16)25)24(26,27)28/h7-9,14-15H,4,6,10-13H2,1-3,5H3,(H,29,31)/t15-/m1/s1. The van der Waals surface area contributed by atoms with E-state index in [1.165, 1.54) is 26.3 Å². The van der Waals surface area contributed by atoms with Gasteiger partial charge in [0, 0.05) is 38.8 Å². The summed E-state index contributed by atoms with van der Waals surface area (Å²) >= 11 is 0. The van der Waals surface area contributed by atoms with E-state index in [0.717, 1.165) is 44.5 Å². The number of pyridine rings is 1. The Balaban J connectivity index is 1.96. The fraction of sp³-hybridized carbons (Fsp3) is 0.458. The molecule has 190 valence electrons. The summed E-state index contributed by atoms with van der Waals surface area (Å²) < 4.78 is 59.8. The van der Waals surface area contributed by atoms with Crippen molar-refractivity contribution in [2.75, 3.05) is 51.8 Å². The Kier molecular flexibility index (Phi) is 8.31. The summed E-state index contributed by atoms with van der Waals surface area (Å²) in [5, 5.41) is 3.02. The summed E-state index contributed by atoms with van der Waals surface area (Å²) in [5.74, 6) is -0.406. The van der Waals surface area contributed by atoms with Gasteiger partial charge in [0.2, 0.25) is 5.88 Å². The molecule has 1 N–H and O–H groups in total. The predicted molar refractivity (Wildman–Crippen MR) is 130 cm³/mol. The molecule has 0 unspecified atom stereocenters. The van der Waals surface area contributed by atoms with Gasteiger partial charge in [-0.2, -0.15) is 18.2 Å². The molecular weight excluding hydrogens is 464 g/mol. The molecule has 7 nitrogen and oxygen atoms in total. The van der Waals surface area contributed by atoms with Gasteiger partial charge < -0.3 is 19.9 Å². The first-order valence-corrected chi connectivity index (χ1v) is 11.3. The van der Waals surface area contributed by atoms with Gasteiger partial charge in [0.15, 0.2) is 5.82 Å². The second-order valence-electron chi connectivity index (χ2n) is 8.11. The van der Waals surface area contributed by atoms with Gasteiger partial charge >= 0.3 is 6.18 Å². The van der Waals surface area contributed by atoms with Crippen LogP contribution >= 0.6 is 0 Å². The first kappa shape index (κ1) is 26.4. The number of hydrogen-bond donors (Lipinski definition) is 1. The van der Waals surface area contributed by atoms with Crippen LogP contribution in [0.5, 0.6) is 5.88 Å². The molecule has 3 rings (SSSR count). The number of likely N-dealkylation sites (N-methyl/N-ethyl adjacent to an activating group) is 1. The van der Waals surface area contributed by atoms with Crippen LogP contribution in [0.2, 0.25) is 0 Å². The minimum absolute atomic E-state index is 0.133. The zero-order valence-electron chi connectivity index (χ0n) is 20.3. The highest BCUT2D eigenvalue weighted by molar-refractivity contribution is 6.03. The molecule has 0 spiro atoms. The number of hydrogen-bond acceptors (Lipinski definition) is 6. The third kappa shape index (κ3) is 5.72. The van der Waals surface area contributed by atoms with Crippen LogP contribution in [0.25, 0.3) is 0 Å².